The van der Waals surface area contributed by atoms with Crippen molar-refractivity contribution in [2.24, 2.45) is 0 Å². The summed E-state index contributed by atoms with van der Waals surface area (Å²) in [4.78, 5) is 11.7. The van der Waals surface area contributed by atoms with Crippen LogP contribution in [0.3, 0.4) is 0 Å². The molecule has 0 bridgehead atoms. The number of rotatable bonds is 7. The van der Waals surface area contributed by atoms with Crippen LogP contribution >= 0.6 is 0 Å². The van der Waals surface area contributed by atoms with Crippen molar-refractivity contribution in [2.45, 2.75) is 32.1 Å². The quantitative estimate of drug-likeness (QED) is 0.609. The van der Waals surface area contributed by atoms with Crippen LogP contribution in [0.25, 0.3) is 16.9 Å². The van der Waals surface area contributed by atoms with Crippen molar-refractivity contribution in [3.05, 3.63) is 36.3 Å². The Morgan fingerprint density at radius 3 is 2.65 bits per heavy atom. The third kappa shape index (κ3) is 3.67. The summed E-state index contributed by atoms with van der Waals surface area (Å²) in [5.74, 6) is 1.67. The van der Waals surface area contributed by atoms with Gasteiger partial charge in [-0.1, -0.05) is 5.21 Å². The Bertz CT molecular complexity index is 854. The second-order valence-corrected chi connectivity index (χ2v) is 6.70. The Morgan fingerprint density at radius 1 is 1.08 bits per heavy atom. The molecule has 136 valence electrons. The zero-order valence-electron chi connectivity index (χ0n) is 15.1. The second kappa shape index (κ2) is 7.78. The van der Waals surface area contributed by atoms with E-state index < -0.39 is 0 Å². The van der Waals surface area contributed by atoms with Gasteiger partial charge in [-0.3, -0.25) is 0 Å². The van der Waals surface area contributed by atoms with Crippen LogP contribution in [0.5, 0.6) is 5.75 Å². The minimum atomic E-state index is 0.710. The molecule has 3 heterocycles. The van der Waals surface area contributed by atoms with Gasteiger partial charge in [0.1, 0.15) is 11.6 Å². The summed E-state index contributed by atoms with van der Waals surface area (Å²) in [6, 6.07) is 7.71. The van der Waals surface area contributed by atoms with Crippen molar-refractivity contribution in [1.82, 2.24) is 29.9 Å². The number of methoxy groups -OCH3 is 1. The van der Waals surface area contributed by atoms with Crippen LogP contribution in [0.4, 0.5) is 0 Å². The molecule has 3 aromatic rings. The van der Waals surface area contributed by atoms with E-state index in [0.717, 1.165) is 35.8 Å². The Hall–Kier alpha value is -2.54. The Balaban J connectivity index is 1.45. The van der Waals surface area contributed by atoms with Gasteiger partial charge >= 0.3 is 0 Å². The number of unbranched alkanes of at least 4 members (excludes halogenated alkanes) is 1. The topological polar surface area (TPSA) is 69.0 Å². The largest absolute Gasteiger partial charge is 0.497 e. The average Bonchev–Trinajstić information content (AvgIpc) is 3.35. The molecule has 1 saturated heterocycles. The van der Waals surface area contributed by atoms with Crippen LogP contribution in [0.1, 0.15) is 31.5 Å². The first-order chi connectivity index (χ1) is 12.8. The van der Waals surface area contributed by atoms with E-state index in [1.54, 1.807) is 18.0 Å². The van der Waals surface area contributed by atoms with Crippen molar-refractivity contribution in [3.8, 4) is 11.4 Å². The van der Waals surface area contributed by atoms with Gasteiger partial charge in [0.25, 0.3) is 0 Å². The van der Waals surface area contributed by atoms with Crippen LogP contribution < -0.4 is 4.74 Å². The predicted molar refractivity (Wildman–Crippen MR) is 99.6 cm³/mol. The van der Waals surface area contributed by atoms with E-state index in [0.29, 0.717) is 5.52 Å². The number of ether oxygens (including phenoxy) is 1. The molecular weight excluding hydrogens is 328 g/mol. The van der Waals surface area contributed by atoms with Crippen molar-refractivity contribution in [3.63, 3.8) is 0 Å². The monoisotopic (exact) mass is 352 g/mol. The maximum atomic E-state index is 5.21. The van der Waals surface area contributed by atoms with Gasteiger partial charge in [-0.05, 0) is 69.6 Å². The number of benzene rings is 1. The molecule has 0 atom stereocenters. The molecular formula is C19H24N6O. The molecule has 4 rings (SSSR count). The Labute approximate surface area is 153 Å². The van der Waals surface area contributed by atoms with Crippen LogP contribution in [-0.4, -0.2) is 56.6 Å². The molecule has 1 aliphatic heterocycles. The summed E-state index contributed by atoms with van der Waals surface area (Å²) in [7, 11) is 1.66. The first-order valence-corrected chi connectivity index (χ1v) is 9.27. The number of fused-ring (bicyclic) bond motifs is 1. The lowest BCUT2D eigenvalue weighted by molar-refractivity contribution is 0.330. The molecule has 7 heteroatoms. The molecule has 1 aliphatic rings. The van der Waals surface area contributed by atoms with Gasteiger partial charge in [0.05, 0.1) is 19.0 Å². The second-order valence-electron chi connectivity index (χ2n) is 6.70. The third-order valence-electron chi connectivity index (χ3n) is 4.88. The highest BCUT2D eigenvalue weighted by atomic mass is 16.5. The van der Waals surface area contributed by atoms with Crippen molar-refractivity contribution in [1.29, 1.82) is 0 Å². The zero-order valence-corrected chi connectivity index (χ0v) is 15.1. The maximum Gasteiger partial charge on any atom is 0.187 e. The molecule has 0 amide bonds. The lowest BCUT2D eigenvalue weighted by Gasteiger charge is -2.13. The molecule has 1 fully saturated rings. The number of aryl methyl sites for hydroxylation is 1. The van der Waals surface area contributed by atoms with Crippen LogP contribution in [0, 0.1) is 0 Å². The lowest BCUT2D eigenvalue weighted by atomic mass is 10.2. The molecule has 7 nitrogen and oxygen atoms in total. The molecule has 0 unspecified atom stereocenters. The van der Waals surface area contributed by atoms with Gasteiger partial charge in [0, 0.05) is 6.42 Å². The summed E-state index contributed by atoms with van der Waals surface area (Å²) in [6.07, 6.45) is 7.65. The summed E-state index contributed by atoms with van der Waals surface area (Å²) < 4.78 is 6.96. The highest BCUT2D eigenvalue weighted by molar-refractivity contribution is 5.70. The van der Waals surface area contributed by atoms with Gasteiger partial charge in [0.15, 0.2) is 11.2 Å². The van der Waals surface area contributed by atoms with E-state index in [4.69, 9.17) is 9.72 Å². The minimum absolute atomic E-state index is 0.710. The van der Waals surface area contributed by atoms with Gasteiger partial charge in [-0.25, -0.2) is 9.97 Å². The van der Waals surface area contributed by atoms with Crippen LogP contribution in [0.2, 0.25) is 0 Å². The number of nitrogens with zero attached hydrogens (tertiary/aromatic N) is 6. The normalized spacial score (nSPS) is 15.0. The summed E-state index contributed by atoms with van der Waals surface area (Å²) in [5.41, 5.74) is 2.37. The average molecular weight is 352 g/mol. The van der Waals surface area contributed by atoms with E-state index in [9.17, 15) is 0 Å². The fourth-order valence-corrected chi connectivity index (χ4v) is 3.41. The molecule has 1 aromatic carbocycles. The SMILES string of the molecule is COc1ccc(-n2nnc3cnc(CCCCN4CCCC4)nc32)cc1. The standard InChI is InChI=1S/C19H24N6O/c1-26-16-9-7-15(8-10-16)25-19-17(22-23-25)14-20-18(21-19)6-2-3-11-24-12-4-5-13-24/h7-10,14H,2-6,11-13H2,1H3. The lowest BCUT2D eigenvalue weighted by Crippen LogP contribution is -2.20. The van der Waals surface area contributed by atoms with Gasteiger partial charge < -0.3 is 9.64 Å². The summed E-state index contributed by atoms with van der Waals surface area (Å²) >= 11 is 0. The van der Waals surface area contributed by atoms with E-state index in [2.05, 4.69) is 20.2 Å². The Morgan fingerprint density at radius 2 is 1.88 bits per heavy atom. The fraction of sp³-hybridized carbons (Fsp3) is 0.474. The van der Waals surface area contributed by atoms with Crippen molar-refractivity contribution >= 4 is 11.2 Å². The van der Waals surface area contributed by atoms with E-state index in [1.165, 1.54) is 38.9 Å². The smallest absolute Gasteiger partial charge is 0.187 e. The van der Waals surface area contributed by atoms with E-state index in [-0.39, 0.29) is 0 Å². The van der Waals surface area contributed by atoms with Crippen LogP contribution in [0.15, 0.2) is 30.5 Å². The van der Waals surface area contributed by atoms with Crippen LogP contribution in [-0.2, 0) is 6.42 Å². The molecule has 0 radical (unpaired) electrons. The predicted octanol–water partition coefficient (Wildman–Crippen LogP) is 2.64. The number of aromatic nitrogens is 5. The van der Waals surface area contributed by atoms with E-state index >= 15 is 0 Å². The highest BCUT2D eigenvalue weighted by Gasteiger charge is 2.12. The minimum Gasteiger partial charge on any atom is -0.497 e. The molecule has 0 spiro atoms. The first kappa shape index (κ1) is 16.9. The summed E-state index contributed by atoms with van der Waals surface area (Å²) in [5, 5.41) is 8.41. The number of hydrogen-bond donors (Lipinski definition) is 0. The van der Waals surface area contributed by atoms with E-state index in [1.807, 2.05) is 24.3 Å². The fourth-order valence-electron chi connectivity index (χ4n) is 3.41. The van der Waals surface area contributed by atoms with Gasteiger partial charge in [-0.2, -0.15) is 4.68 Å². The van der Waals surface area contributed by atoms with Gasteiger partial charge in [0.2, 0.25) is 0 Å². The van der Waals surface area contributed by atoms with Crippen molar-refractivity contribution < 1.29 is 4.74 Å². The molecule has 0 N–H and O–H groups in total. The van der Waals surface area contributed by atoms with Gasteiger partial charge in [-0.15, -0.1) is 5.10 Å². The molecule has 2 aromatic heterocycles. The Kier molecular flexibility index (Phi) is 5.06. The number of hydrogen-bond acceptors (Lipinski definition) is 6. The maximum absolute atomic E-state index is 5.21. The van der Waals surface area contributed by atoms with Crippen molar-refractivity contribution in [2.75, 3.05) is 26.7 Å². The molecule has 26 heavy (non-hydrogen) atoms. The first-order valence-electron chi connectivity index (χ1n) is 9.27. The zero-order chi connectivity index (χ0) is 17.8. The summed E-state index contributed by atoms with van der Waals surface area (Å²) in [6.45, 7) is 3.71. The molecule has 0 saturated carbocycles. The molecule has 0 aliphatic carbocycles. The number of likely N-dealkylation sites (tertiary alicyclic amines) is 1. The third-order valence-corrected chi connectivity index (χ3v) is 4.88. The highest BCUT2D eigenvalue weighted by Crippen LogP contribution is 2.18.